The van der Waals surface area contributed by atoms with Gasteiger partial charge < -0.3 is 9.15 Å². The third kappa shape index (κ3) is 3.87. The molecule has 2 aromatic heterocycles. The van der Waals surface area contributed by atoms with Crippen LogP contribution < -0.4 is 4.74 Å². The summed E-state index contributed by atoms with van der Waals surface area (Å²) in [6.07, 6.45) is 2.41. The van der Waals surface area contributed by atoms with E-state index in [-0.39, 0.29) is 12.5 Å². The molecule has 0 saturated carbocycles. The highest BCUT2D eigenvalue weighted by Gasteiger charge is 2.23. The molecule has 0 unspecified atom stereocenters. The lowest BCUT2D eigenvalue weighted by molar-refractivity contribution is 0.117. The summed E-state index contributed by atoms with van der Waals surface area (Å²) in [6.45, 7) is 4.10. The molecule has 0 bridgehead atoms. The minimum absolute atomic E-state index is 0.104. The Kier molecular flexibility index (Phi) is 5.58. The first-order chi connectivity index (χ1) is 14.2. The van der Waals surface area contributed by atoms with Crippen molar-refractivity contribution in [2.45, 2.75) is 20.3 Å². The Balaban J connectivity index is 1.92. The molecule has 1 radical (unpaired) electrons. The number of furan rings is 1. The first-order valence-electron chi connectivity index (χ1n) is 9.84. The Morgan fingerprint density at radius 3 is 2.45 bits per heavy atom. The highest BCUT2D eigenvalue weighted by atomic mass is 16.5. The van der Waals surface area contributed by atoms with Gasteiger partial charge in [-0.1, -0.05) is 68.4 Å². The van der Waals surface area contributed by atoms with Gasteiger partial charge in [0, 0.05) is 17.0 Å². The summed E-state index contributed by atoms with van der Waals surface area (Å²) >= 11 is 0. The summed E-state index contributed by atoms with van der Waals surface area (Å²) < 4.78 is 12.1. The molecule has 5 heteroatoms. The molecule has 147 valence electrons. The first-order valence-corrected chi connectivity index (χ1v) is 9.84. The molecule has 0 saturated heterocycles. The van der Waals surface area contributed by atoms with Crippen LogP contribution in [0.4, 0.5) is 0 Å². The molecule has 5 nitrogen and oxygen atoms in total. The van der Waals surface area contributed by atoms with E-state index in [2.05, 4.69) is 41.2 Å². The molecule has 4 aromatic rings. The van der Waals surface area contributed by atoms with Crippen LogP contribution in [0.3, 0.4) is 0 Å². The van der Waals surface area contributed by atoms with Crippen molar-refractivity contribution in [3.05, 3.63) is 66.5 Å². The van der Waals surface area contributed by atoms with Crippen LogP contribution in [0.15, 0.2) is 65.3 Å². The highest BCUT2D eigenvalue weighted by molar-refractivity contribution is 6.03. The molecule has 0 spiro atoms. The van der Waals surface area contributed by atoms with Gasteiger partial charge in [-0.05, 0) is 17.5 Å². The van der Waals surface area contributed by atoms with Crippen molar-refractivity contribution in [2.24, 2.45) is 5.92 Å². The predicted molar refractivity (Wildman–Crippen MR) is 112 cm³/mol. The summed E-state index contributed by atoms with van der Waals surface area (Å²) in [5, 5.41) is 11.9. The van der Waals surface area contributed by atoms with Crippen molar-refractivity contribution in [3.63, 3.8) is 0 Å². The van der Waals surface area contributed by atoms with Crippen molar-refractivity contribution in [1.29, 1.82) is 0 Å². The fourth-order valence-corrected chi connectivity index (χ4v) is 3.26. The summed E-state index contributed by atoms with van der Waals surface area (Å²) in [7, 11) is 0. The van der Waals surface area contributed by atoms with Crippen molar-refractivity contribution in [2.75, 3.05) is 13.2 Å². The number of aromatic nitrogens is 2. The number of benzene rings is 2. The number of hydrogen-bond acceptors (Lipinski definition) is 4. The number of rotatable bonds is 7. The van der Waals surface area contributed by atoms with Crippen LogP contribution >= 0.6 is 0 Å². The number of nitrogens with zero attached hydrogens (tertiary/aromatic N) is 2. The van der Waals surface area contributed by atoms with E-state index in [9.17, 15) is 5.11 Å². The van der Waals surface area contributed by atoms with Gasteiger partial charge in [0.25, 0.3) is 0 Å². The lowest BCUT2D eigenvalue weighted by Crippen LogP contribution is -2.12. The second-order valence-corrected chi connectivity index (χ2v) is 7.16. The standard InChI is InChI=1S/C24H23N2O3/c1-3-17-9-11-18(12-10-17)20-21-23(28-14-16(2)13-27)25-15-26-24(21)29-22(20)19-7-5-4-6-8-19/h4-12,15-16H,3,13-14H2,1-2H3/t16-/m0/s1. The molecule has 0 amide bonds. The van der Waals surface area contributed by atoms with Crippen LogP contribution in [0.25, 0.3) is 33.6 Å². The zero-order valence-electron chi connectivity index (χ0n) is 16.6. The lowest BCUT2D eigenvalue weighted by atomic mass is 9.98. The average Bonchev–Trinajstić information content (AvgIpc) is 3.18. The normalized spacial score (nSPS) is 12.2. The molecule has 0 aliphatic rings. The van der Waals surface area contributed by atoms with Gasteiger partial charge in [0.1, 0.15) is 17.5 Å². The van der Waals surface area contributed by atoms with Gasteiger partial charge in [-0.15, -0.1) is 0 Å². The minimum Gasteiger partial charge on any atom is -0.477 e. The number of fused-ring (bicyclic) bond motifs is 1. The largest absolute Gasteiger partial charge is 0.477 e. The van der Waals surface area contributed by atoms with Crippen molar-refractivity contribution < 1.29 is 14.3 Å². The van der Waals surface area contributed by atoms with Crippen LogP contribution in [0, 0.1) is 5.92 Å². The molecule has 1 atom stereocenters. The summed E-state index contributed by atoms with van der Waals surface area (Å²) in [4.78, 5) is 8.68. The summed E-state index contributed by atoms with van der Waals surface area (Å²) in [6, 6.07) is 18.4. The summed E-state index contributed by atoms with van der Waals surface area (Å²) in [5.41, 5.74) is 4.60. The van der Waals surface area contributed by atoms with E-state index in [0.29, 0.717) is 18.2 Å². The highest BCUT2D eigenvalue weighted by Crippen LogP contribution is 2.43. The van der Waals surface area contributed by atoms with E-state index >= 15 is 0 Å². The van der Waals surface area contributed by atoms with E-state index < -0.39 is 0 Å². The van der Waals surface area contributed by atoms with Crippen molar-refractivity contribution >= 4 is 11.1 Å². The molecule has 0 N–H and O–H groups in total. The second-order valence-electron chi connectivity index (χ2n) is 7.16. The molecular formula is C24H23N2O3. The van der Waals surface area contributed by atoms with Crippen LogP contribution in [-0.2, 0) is 11.5 Å². The molecular weight excluding hydrogens is 364 g/mol. The zero-order chi connectivity index (χ0) is 20.2. The fraction of sp³-hybridized carbons (Fsp3) is 0.250. The topological polar surface area (TPSA) is 68.1 Å². The van der Waals surface area contributed by atoms with E-state index in [1.807, 2.05) is 37.3 Å². The van der Waals surface area contributed by atoms with Gasteiger partial charge >= 0.3 is 0 Å². The lowest BCUT2D eigenvalue weighted by Gasteiger charge is -2.10. The fourth-order valence-electron chi connectivity index (χ4n) is 3.26. The SMILES string of the molecule is CCc1ccc(-c2c(-c3ccccc3)oc3ncnc(OC[C@@H](C)C[O])c23)cc1. The molecule has 2 aromatic carbocycles. The van der Waals surface area contributed by atoms with E-state index in [1.54, 1.807) is 0 Å². The monoisotopic (exact) mass is 387 g/mol. The van der Waals surface area contributed by atoms with Gasteiger partial charge in [-0.25, -0.2) is 15.1 Å². The average molecular weight is 387 g/mol. The predicted octanol–water partition coefficient (Wildman–Crippen LogP) is 5.56. The maximum absolute atomic E-state index is 11.1. The number of ether oxygens (including phenoxy) is 1. The van der Waals surface area contributed by atoms with Crippen LogP contribution in [-0.4, -0.2) is 23.2 Å². The molecule has 4 rings (SSSR count). The zero-order valence-corrected chi connectivity index (χ0v) is 16.6. The smallest absolute Gasteiger partial charge is 0.234 e. The Bertz CT molecular complexity index is 1090. The van der Waals surface area contributed by atoms with Crippen molar-refractivity contribution in [3.8, 4) is 28.3 Å². The third-order valence-electron chi connectivity index (χ3n) is 4.93. The van der Waals surface area contributed by atoms with Gasteiger partial charge in [0.2, 0.25) is 11.6 Å². The maximum atomic E-state index is 11.1. The minimum atomic E-state index is -0.194. The second kappa shape index (κ2) is 8.45. The van der Waals surface area contributed by atoms with Gasteiger partial charge in [0.15, 0.2) is 0 Å². The Hall–Kier alpha value is -3.18. The van der Waals surface area contributed by atoms with Gasteiger partial charge in [0.05, 0.1) is 13.2 Å². The van der Waals surface area contributed by atoms with E-state index in [1.165, 1.54) is 11.9 Å². The van der Waals surface area contributed by atoms with Crippen LogP contribution in [0.5, 0.6) is 5.88 Å². The summed E-state index contributed by atoms with van der Waals surface area (Å²) in [5.74, 6) is 1.07. The Morgan fingerprint density at radius 1 is 1.00 bits per heavy atom. The van der Waals surface area contributed by atoms with E-state index in [4.69, 9.17) is 9.15 Å². The van der Waals surface area contributed by atoms with Gasteiger partial charge in [-0.2, -0.15) is 0 Å². The van der Waals surface area contributed by atoms with Gasteiger partial charge in [-0.3, -0.25) is 0 Å². The van der Waals surface area contributed by atoms with Crippen LogP contribution in [0.1, 0.15) is 19.4 Å². The molecule has 0 aliphatic heterocycles. The quantitative estimate of drug-likeness (QED) is 0.416. The third-order valence-corrected chi connectivity index (χ3v) is 4.93. The number of hydrogen-bond donors (Lipinski definition) is 0. The first kappa shape index (κ1) is 19.2. The number of aryl methyl sites for hydroxylation is 1. The maximum Gasteiger partial charge on any atom is 0.234 e. The molecule has 0 aliphatic carbocycles. The van der Waals surface area contributed by atoms with Crippen LogP contribution in [0.2, 0.25) is 0 Å². The van der Waals surface area contributed by atoms with E-state index in [0.717, 1.165) is 34.3 Å². The van der Waals surface area contributed by atoms with Crippen molar-refractivity contribution in [1.82, 2.24) is 9.97 Å². The molecule has 0 fully saturated rings. The Labute approximate surface area is 170 Å². The molecule has 2 heterocycles. The molecule has 29 heavy (non-hydrogen) atoms. The Morgan fingerprint density at radius 2 is 1.76 bits per heavy atom.